The van der Waals surface area contributed by atoms with Gasteiger partial charge in [-0.15, -0.1) is 0 Å². The van der Waals surface area contributed by atoms with Crippen LogP contribution < -0.4 is 5.32 Å². The first-order valence-electron chi connectivity index (χ1n) is 7.97. The molecule has 0 saturated heterocycles. The molecule has 12 heteroatoms. The minimum atomic E-state index is -5.11. The molecule has 3 rings (SSSR count). The molecule has 158 valence electrons. The van der Waals surface area contributed by atoms with Gasteiger partial charge in [0.25, 0.3) is 5.91 Å². The van der Waals surface area contributed by atoms with Gasteiger partial charge in [0.15, 0.2) is 5.69 Å². The van der Waals surface area contributed by atoms with E-state index in [9.17, 15) is 39.9 Å². The van der Waals surface area contributed by atoms with Gasteiger partial charge in [-0.1, -0.05) is 0 Å². The van der Waals surface area contributed by atoms with Gasteiger partial charge in [-0.2, -0.15) is 31.4 Å². The lowest BCUT2D eigenvalue weighted by atomic mass is 10.2. The molecule has 0 radical (unpaired) electrons. The second-order valence-electron chi connectivity index (χ2n) is 5.95. The third-order valence-electron chi connectivity index (χ3n) is 3.83. The van der Waals surface area contributed by atoms with Crippen LogP contribution in [0.15, 0.2) is 48.5 Å². The molecule has 0 aliphatic heterocycles. The maximum absolute atomic E-state index is 13.6. The van der Waals surface area contributed by atoms with Crippen LogP contribution in [0.5, 0.6) is 0 Å². The van der Waals surface area contributed by atoms with Crippen LogP contribution in [0.2, 0.25) is 0 Å². The molecule has 0 aliphatic rings. The summed E-state index contributed by atoms with van der Waals surface area (Å²) in [6, 6.07) is 6.15. The van der Waals surface area contributed by atoms with Crippen molar-refractivity contribution >= 4 is 11.6 Å². The number of alkyl halides is 6. The van der Waals surface area contributed by atoms with Crippen molar-refractivity contribution in [2.45, 2.75) is 12.4 Å². The van der Waals surface area contributed by atoms with Gasteiger partial charge < -0.3 is 5.32 Å². The fraction of sp³-hybridized carbons (Fsp3) is 0.111. The molecule has 0 unspecified atom stereocenters. The van der Waals surface area contributed by atoms with Gasteiger partial charge in [0.2, 0.25) is 0 Å². The van der Waals surface area contributed by atoms with Crippen molar-refractivity contribution in [3.8, 4) is 5.69 Å². The Balaban J connectivity index is 1.90. The number of benzene rings is 2. The first-order valence-corrected chi connectivity index (χ1v) is 7.97. The van der Waals surface area contributed by atoms with Gasteiger partial charge in [-0.05, 0) is 42.5 Å². The number of hydrogen-bond acceptors (Lipinski definition) is 2. The van der Waals surface area contributed by atoms with E-state index in [1.807, 2.05) is 0 Å². The van der Waals surface area contributed by atoms with Gasteiger partial charge in [-0.3, -0.25) is 4.79 Å². The van der Waals surface area contributed by atoms with E-state index in [-0.39, 0.29) is 22.1 Å². The summed E-state index contributed by atoms with van der Waals surface area (Å²) in [4.78, 5) is 12.0. The van der Waals surface area contributed by atoms with E-state index in [0.29, 0.717) is 6.07 Å². The third kappa shape index (κ3) is 4.42. The molecular formula is C18H9F8N3O. The summed E-state index contributed by atoms with van der Waals surface area (Å²) in [6.07, 6.45) is -10.2. The Labute approximate surface area is 162 Å². The summed E-state index contributed by atoms with van der Waals surface area (Å²) in [6.45, 7) is 0. The first kappa shape index (κ1) is 21.3. The van der Waals surface area contributed by atoms with Crippen LogP contribution in [0.1, 0.15) is 21.7 Å². The molecule has 30 heavy (non-hydrogen) atoms. The highest BCUT2D eigenvalue weighted by Crippen LogP contribution is 2.36. The predicted molar refractivity (Wildman–Crippen MR) is 87.9 cm³/mol. The minimum Gasteiger partial charge on any atom is -0.322 e. The number of anilines is 1. The molecule has 1 aromatic heterocycles. The second-order valence-corrected chi connectivity index (χ2v) is 5.95. The topological polar surface area (TPSA) is 46.9 Å². The minimum absolute atomic E-state index is 0.0239. The number of carbonyl (C=O) groups excluding carboxylic acids is 1. The molecule has 3 aromatic rings. The van der Waals surface area contributed by atoms with Gasteiger partial charge in [0.1, 0.15) is 17.3 Å². The van der Waals surface area contributed by atoms with E-state index >= 15 is 0 Å². The number of nitrogens with zero attached hydrogens (tertiary/aromatic N) is 2. The highest BCUT2D eigenvalue weighted by molar-refractivity contribution is 6.04. The molecule has 0 aliphatic carbocycles. The van der Waals surface area contributed by atoms with E-state index in [2.05, 4.69) is 10.4 Å². The quantitative estimate of drug-likeness (QED) is 0.557. The maximum Gasteiger partial charge on any atom is 0.435 e. The average Bonchev–Trinajstić information content (AvgIpc) is 3.10. The van der Waals surface area contributed by atoms with Crippen molar-refractivity contribution in [3.05, 3.63) is 77.1 Å². The smallest absolute Gasteiger partial charge is 0.322 e. The van der Waals surface area contributed by atoms with Gasteiger partial charge in [0, 0.05) is 11.8 Å². The van der Waals surface area contributed by atoms with Crippen molar-refractivity contribution in [1.29, 1.82) is 0 Å². The number of amides is 1. The fourth-order valence-electron chi connectivity index (χ4n) is 2.47. The van der Waals surface area contributed by atoms with E-state index in [0.717, 1.165) is 36.4 Å². The van der Waals surface area contributed by atoms with Crippen LogP contribution in [-0.4, -0.2) is 15.7 Å². The number of carbonyl (C=O) groups is 1. The zero-order valence-electron chi connectivity index (χ0n) is 14.4. The van der Waals surface area contributed by atoms with E-state index < -0.39 is 46.8 Å². The summed E-state index contributed by atoms with van der Waals surface area (Å²) >= 11 is 0. The van der Waals surface area contributed by atoms with Crippen LogP contribution in [0, 0.1) is 11.6 Å². The summed E-state index contributed by atoms with van der Waals surface area (Å²) < 4.78 is 104. The van der Waals surface area contributed by atoms with Crippen LogP contribution in [-0.2, 0) is 12.4 Å². The average molecular weight is 435 g/mol. The highest BCUT2D eigenvalue weighted by Gasteiger charge is 2.42. The van der Waals surface area contributed by atoms with E-state index in [1.165, 1.54) is 0 Å². The lowest BCUT2D eigenvalue weighted by molar-refractivity contribution is -0.143. The number of rotatable bonds is 3. The number of aromatic nitrogens is 2. The summed E-state index contributed by atoms with van der Waals surface area (Å²) in [5.74, 6) is -2.90. The van der Waals surface area contributed by atoms with Gasteiger partial charge in [-0.25, -0.2) is 13.5 Å². The normalized spacial score (nSPS) is 12.1. The van der Waals surface area contributed by atoms with Gasteiger partial charge in [0.05, 0.1) is 11.3 Å². The van der Waals surface area contributed by atoms with Crippen molar-refractivity contribution in [2.24, 2.45) is 0 Å². The third-order valence-corrected chi connectivity index (χ3v) is 3.83. The van der Waals surface area contributed by atoms with Crippen LogP contribution in [0.25, 0.3) is 5.69 Å². The summed E-state index contributed by atoms with van der Waals surface area (Å²) in [5.41, 5.74) is -4.38. The summed E-state index contributed by atoms with van der Waals surface area (Å²) in [5, 5.41) is 5.17. The highest BCUT2D eigenvalue weighted by atomic mass is 19.4. The fourth-order valence-corrected chi connectivity index (χ4v) is 2.47. The molecule has 1 amide bonds. The molecule has 1 heterocycles. The van der Waals surface area contributed by atoms with Crippen molar-refractivity contribution in [3.63, 3.8) is 0 Å². The molecule has 0 spiro atoms. The number of halogens is 8. The Bertz CT molecular complexity index is 1080. The number of hydrogen-bond donors (Lipinski definition) is 1. The second kappa shape index (κ2) is 7.43. The Morgan fingerprint density at radius 2 is 1.50 bits per heavy atom. The van der Waals surface area contributed by atoms with Crippen LogP contribution in [0.3, 0.4) is 0 Å². The molecule has 0 atom stereocenters. The molecule has 0 fully saturated rings. The number of nitrogens with one attached hydrogen (secondary N) is 1. The molecule has 2 aromatic carbocycles. The lowest BCUT2D eigenvalue weighted by Crippen LogP contribution is -2.15. The predicted octanol–water partition coefficient (Wildman–Crippen LogP) is 5.44. The Kier molecular flexibility index (Phi) is 5.27. The first-order chi connectivity index (χ1) is 13.9. The molecule has 0 saturated carbocycles. The Hall–Kier alpha value is -3.44. The molecule has 0 bridgehead atoms. The maximum atomic E-state index is 13.6. The molecule has 4 nitrogen and oxygen atoms in total. The SMILES string of the molecule is O=C(Nc1ccc(-n2nc(C(F)(F)F)cc2C(F)(F)F)cc1)c1cc(F)ccc1F. The van der Waals surface area contributed by atoms with Gasteiger partial charge >= 0.3 is 12.4 Å². The van der Waals surface area contributed by atoms with E-state index in [1.54, 1.807) is 0 Å². The Morgan fingerprint density at radius 3 is 2.07 bits per heavy atom. The van der Waals surface area contributed by atoms with E-state index in [4.69, 9.17) is 0 Å². The monoisotopic (exact) mass is 435 g/mol. The van der Waals surface area contributed by atoms with Crippen molar-refractivity contribution in [2.75, 3.05) is 5.32 Å². The largest absolute Gasteiger partial charge is 0.435 e. The van der Waals surface area contributed by atoms with Crippen molar-refractivity contribution in [1.82, 2.24) is 9.78 Å². The van der Waals surface area contributed by atoms with Crippen LogP contribution >= 0.6 is 0 Å². The van der Waals surface area contributed by atoms with Crippen molar-refractivity contribution < 1.29 is 39.9 Å². The molecule has 1 N–H and O–H groups in total. The zero-order chi connectivity index (χ0) is 22.3. The summed E-state index contributed by atoms with van der Waals surface area (Å²) in [7, 11) is 0. The zero-order valence-corrected chi connectivity index (χ0v) is 14.4. The molecular weight excluding hydrogens is 426 g/mol. The standard InChI is InChI=1S/C18H9F8N3O/c19-9-1-6-13(20)12(7-9)16(30)27-10-2-4-11(5-3-10)29-15(18(24,25)26)8-14(28-29)17(21,22)23/h1-8H,(H,27,30). The lowest BCUT2D eigenvalue weighted by Gasteiger charge is -2.11. The van der Waals surface area contributed by atoms with Crippen LogP contribution in [0.4, 0.5) is 40.8 Å². The Morgan fingerprint density at radius 1 is 0.867 bits per heavy atom.